The second-order valence-corrected chi connectivity index (χ2v) is 8.91. The first-order valence-corrected chi connectivity index (χ1v) is 10.7. The van der Waals surface area contributed by atoms with Crippen LogP contribution in [0.2, 0.25) is 0 Å². The van der Waals surface area contributed by atoms with Gasteiger partial charge in [-0.1, -0.05) is 36.4 Å². The lowest BCUT2D eigenvalue weighted by Gasteiger charge is -2.22. The van der Waals surface area contributed by atoms with Gasteiger partial charge in [-0.3, -0.25) is 4.79 Å². The zero-order chi connectivity index (χ0) is 20.2. The fourth-order valence-electron chi connectivity index (χ4n) is 3.40. The average Bonchev–Trinajstić information content (AvgIpc) is 3.16. The van der Waals surface area contributed by atoms with Crippen molar-refractivity contribution >= 4 is 15.9 Å². The number of hydrogen-bond donors (Lipinski definition) is 2. The van der Waals surface area contributed by atoms with Crippen molar-refractivity contribution in [1.82, 2.24) is 10.0 Å². The number of sulfonamides is 1. The first kappa shape index (κ1) is 20.1. The van der Waals surface area contributed by atoms with Crippen molar-refractivity contribution in [3.05, 3.63) is 65.2 Å². The second-order valence-electron chi connectivity index (χ2n) is 7.14. The Morgan fingerprint density at radius 2 is 1.82 bits per heavy atom. The lowest BCUT2D eigenvalue weighted by Crippen LogP contribution is -2.45. The van der Waals surface area contributed by atoms with Crippen LogP contribution in [0, 0.1) is 18.3 Å². The number of nitrogens with zero attached hydrogens (tertiary/aromatic N) is 1. The third-order valence-electron chi connectivity index (χ3n) is 5.10. The van der Waals surface area contributed by atoms with E-state index in [1.165, 1.54) is 12.1 Å². The Balaban J connectivity index is 1.80. The first-order chi connectivity index (χ1) is 13.4. The molecule has 1 amide bonds. The molecule has 1 aliphatic rings. The maximum absolute atomic E-state index is 12.8. The molecular formula is C21H23N3O3S. The molecule has 1 aliphatic carbocycles. The summed E-state index contributed by atoms with van der Waals surface area (Å²) in [5, 5.41) is 12.3. The van der Waals surface area contributed by atoms with Gasteiger partial charge >= 0.3 is 0 Å². The quantitative estimate of drug-likeness (QED) is 0.782. The van der Waals surface area contributed by atoms with E-state index in [1.54, 1.807) is 13.0 Å². The standard InChI is InChI=1S/C21H23N3O3S/c1-16-9-10-18(28(26,27)23-14-17-7-3-2-4-8-17)13-19(16)20(25)24-21(15-22)11-5-6-12-21/h2-4,7-10,13,23H,5-6,11-12,14H2,1H3,(H,24,25). The lowest BCUT2D eigenvalue weighted by molar-refractivity contribution is 0.0920. The number of nitriles is 1. The lowest BCUT2D eigenvalue weighted by atomic mass is 9.98. The van der Waals surface area contributed by atoms with Crippen molar-refractivity contribution in [3.63, 3.8) is 0 Å². The van der Waals surface area contributed by atoms with Crippen LogP contribution in [-0.2, 0) is 16.6 Å². The molecule has 0 heterocycles. The molecule has 2 aromatic carbocycles. The summed E-state index contributed by atoms with van der Waals surface area (Å²) in [6.45, 7) is 1.91. The summed E-state index contributed by atoms with van der Waals surface area (Å²) in [7, 11) is -3.77. The first-order valence-electron chi connectivity index (χ1n) is 9.23. The Labute approximate surface area is 165 Å². The number of benzene rings is 2. The number of carbonyl (C=O) groups excluding carboxylic acids is 1. The zero-order valence-corrected chi connectivity index (χ0v) is 16.6. The van der Waals surface area contributed by atoms with Gasteiger partial charge in [-0.15, -0.1) is 0 Å². The number of rotatable bonds is 6. The summed E-state index contributed by atoms with van der Waals surface area (Å²) in [4.78, 5) is 12.8. The topological polar surface area (TPSA) is 99.1 Å². The number of nitrogens with one attached hydrogen (secondary N) is 2. The van der Waals surface area contributed by atoms with Gasteiger partial charge in [0.1, 0.15) is 5.54 Å². The van der Waals surface area contributed by atoms with E-state index in [9.17, 15) is 18.5 Å². The summed E-state index contributed by atoms with van der Waals surface area (Å²) in [5.41, 5.74) is 0.910. The minimum atomic E-state index is -3.77. The molecule has 0 radical (unpaired) electrons. The Kier molecular flexibility index (Phi) is 5.82. The molecule has 2 N–H and O–H groups in total. The van der Waals surface area contributed by atoms with Gasteiger partial charge in [-0.2, -0.15) is 5.26 Å². The molecule has 0 bridgehead atoms. The molecule has 1 fully saturated rings. The molecule has 0 unspecified atom stereocenters. The van der Waals surface area contributed by atoms with Crippen LogP contribution in [0.4, 0.5) is 0 Å². The van der Waals surface area contributed by atoms with Crippen LogP contribution in [0.15, 0.2) is 53.4 Å². The van der Waals surface area contributed by atoms with Crippen molar-refractivity contribution in [1.29, 1.82) is 5.26 Å². The van der Waals surface area contributed by atoms with E-state index < -0.39 is 21.5 Å². The summed E-state index contributed by atoms with van der Waals surface area (Å²) in [5.74, 6) is -0.416. The molecule has 7 heteroatoms. The molecule has 0 spiro atoms. The van der Waals surface area contributed by atoms with Crippen LogP contribution in [0.3, 0.4) is 0 Å². The number of amides is 1. The number of hydrogen-bond acceptors (Lipinski definition) is 4. The van der Waals surface area contributed by atoms with E-state index in [2.05, 4.69) is 16.1 Å². The van der Waals surface area contributed by atoms with Gasteiger partial charge in [-0.25, -0.2) is 13.1 Å². The van der Waals surface area contributed by atoms with Gasteiger partial charge in [-0.05, 0) is 55.9 Å². The molecule has 0 aliphatic heterocycles. The highest BCUT2D eigenvalue weighted by Gasteiger charge is 2.36. The van der Waals surface area contributed by atoms with Crippen LogP contribution in [-0.4, -0.2) is 19.9 Å². The van der Waals surface area contributed by atoms with E-state index in [0.29, 0.717) is 18.4 Å². The van der Waals surface area contributed by atoms with Crippen molar-refractivity contribution in [2.45, 2.75) is 49.6 Å². The normalized spacial score (nSPS) is 15.7. The molecule has 1 saturated carbocycles. The number of aryl methyl sites for hydroxylation is 1. The van der Waals surface area contributed by atoms with Crippen molar-refractivity contribution in [3.8, 4) is 6.07 Å². The predicted molar refractivity (Wildman–Crippen MR) is 106 cm³/mol. The minimum absolute atomic E-state index is 0.0246. The van der Waals surface area contributed by atoms with E-state index in [1.807, 2.05) is 30.3 Å². The fraction of sp³-hybridized carbons (Fsp3) is 0.333. The summed E-state index contributed by atoms with van der Waals surface area (Å²) >= 11 is 0. The van der Waals surface area contributed by atoms with Gasteiger partial charge in [0.15, 0.2) is 0 Å². The second kappa shape index (κ2) is 8.13. The highest BCUT2D eigenvalue weighted by Crippen LogP contribution is 2.29. The minimum Gasteiger partial charge on any atom is -0.334 e. The highest BCUT2D eigenvalue weighted by molar-refractivity contribution is 7.89. The molecule has 2 aromatic rings. The fourth-order valence-corrected chi connectivity index (χ4v) is 4.44. The summed E-state index contributed by atoms with van der Waals surface area (Å²) in [6.07, 6.45) is 3.02. The average molecular weight is 398 g/mol. The molecular weight excluding hydrogens is 374 g/mol. The zero-order valence-electron chi connectivity index (χ0n) is 15.7. The number of carbonyl (C=O) groups is 1. The van der Waals surface area contributed by atoms with Gasteiger partial charge < -0.3 is 5.32 Å². The van der Waals surface area contributed by atoms with Gasteiger partial charge in [0.05, 0.1) is 11.0 Å². The Morgan fingerprint density at radius 3 is 2.46 bits per heavy atom. The van der Waals surface area contributed by atoms with Gasteiger partial charge in [0, 0.05) is 12.1 Å². The molecule has 6 nitrogen and oxygen atoms in total. The maximum Gasteiger partial charge on any atom is 0.252 e. The summed E-state index contributed by atoms with van der Waals surface area (Å²) < 4.78 is 27.9. The molecule has 0 saturated heterocycles. The van der Waals surface area contributed by atoms with E-state index >= 15 is 0 Å². The van der Waals surface area contributed by atoms with Gasteiger partial charge in [0.2, 0.25) is 10.0 Å². The molecule has 28 heavy (non-hydrogen) atoms. The van der Waals surface area contributed by atoms with Crippen LogP contribution in [0.1, 0.15) is 47.2 Å². The molecule has 3 rings (SSSR count). The summed E-state index contributed by atoms with van der Waals surface area (Å²) in [6, 6.07) is 15.9. The van der Waals surface area contributed by atoms with Crippen LogP contribution < -0.4 is 10.0 Å². The Bertz CT molecular complexity index is 1000. The van der Waals surface area contributed by atoms with E-state index in [0.717, 1.165) is 18.4 Å². The van der Waals surface area contributed by atoms with E-state index in [4.69, 9.17) is 0 Å². The van der Waals surface area contributed by atoms with E-state index in [-0.39, 0.29) is 17.0 Å². The Morgan fingerprint density at radius 1 is 1.14 bits per heavy atom. The molecule has 0 atom stereocenters. The Hall–Kier alpha value is -2.69. The van der Waals surface area contributed by atoms with Crippen molar-refractivity contribution < 1.29 is 13.2 Å². The molecule has 0 aromatic heterocycles. The third kappa shape index (κ3) is 4.41. The van der Waals surface area contributed by atoms with Crippen LogP contribution in [0.25, 0.3) is 0 Å². The highest BCUT2D eigenvalue weighted by atomic mass is 32.2. The molecule has 146 valence electrons. The van der Waals surface area contributed by atoms with Crippen LogP contribution >= 0.6 is 0 Å². The third-order valence-corrected chi connectivity index (χ3v) is 6.50. The maximum atomic E-state index is 12.8. The van der Waals surface area contributed by atoms with Gasteiger partial charge in [0.25, 0.3) is 5.91 Å². The van der Waals surface area contributed by atoms with Crippen molar-refractivity contribution in [2.24, 2.45) is 0 Å². The van der Waals surface area contributed by atoms with Crippen molar-refractivity contribution in [2.75, 3.05) is 0 Å². The predicted octanol–water partition coefficient (Wildman–Crippen LogP) is 3.04. The SMILES string of the molecule is Cc1ccc(S(=O)(=O)NCc2ccccc2)cc1C(=O)NC1(C#N)CCCC1. The monoisotopic (exact) mass is 397 g/mol. The largest absolute Gasteiger partial charge is 0.334 e. The smallest absolute Gasteiger partial charge is 0.252 e. The van der Waals surface area contributed by atoms with Crippen LogP contribution in [0.5, 0.6) is 0 Å².